The number of hydrogen-bond acceptors (Lipinski definition) is 3. The molecule has 2 aromatic rings. The molecule has 3 nitrogen and oxygen atoms in total. The van der Waals surface area contributed by atoms with E-state index < -0.39 is 0 Å². The Morgan fingerprint density at radius 3 is 2.68 bits per heavy atom. The molecular formula is C16H17NO2. The van der Waals surface area contributed by atoms with Crippen LogP contribution in [0.5, 0.6) is 11.5 Å². The van der Waals surface area contributed by atoms with E-state index in [0.29, 0.717) is 6.61 Å². The monoisotopic (exact) mass is 255 g/mol. The van der Waals surface area contributed by atoms with E-state index in [1.807, 2.05) is 36.4 Å². The molecule has 0 bridgehead atoms. The van der Waals surface area contributed by atoms with Gasteiger partial charge in [0.15, 0.2) is 17.6 Å². The summed E-state index contributed by atoms with van der Waals surface area (Å²) in [7, 11) is 0. The van der Waals surface area contributed by atoms with E-state index in [2.05, 4.69) is 19.1 Å². The minimum atomic E-state index is -0.187. The molecule has 1 heterocycles. The summed E-state index contributed by atoms with van der Waals surface area (Å²) in [6, 6.07) is 15.7. The normalized spacial score (nSPS) is 18.9. The predicted molar refractivity (Wildman–Crippen MR) is 74.5 cm³/mol. The lowest BCUT2D eigenvalue weighted by molar-refractivity contribution is 0.0721. The highest BCUT2D eigenvalue weighted by molar-refractivity contribution is 5.41. The minimum Gasteiger partial charge on any atom is -0.486 e. The fourth-order valence-corrected chi connectivity index (χ4v) is 2.30. The highest BCUT2D eigenvalue weighted by Gasteiger charge is 2.27. The van der Waals surface area contributed by atoms with Gasteiger partial charge in [0.1, 0.15) is 6.61 Å². The van der Waals surface area contributed by atoms with Crippen LogP contribution in [-0.4, -0.2) is 12.7 Å². The number of ether oxygens (including phenoxy) is 2. The molecule has 0 aromatic heterocycles. The highest BCUT2D eigenvalue weighted by Crippen LogP contribution is 2.33. The fourth-order valence-electron chi connectivity index (χ4n) is 2.30. The summed E-state index contributed by atoms with van der Waals surface area (Å²) >= 11 is 0. The SMILES string of the molecule is Cc1cccc(C(N)C2COc3ccccc3O2)c1. The zero-order valence-electron chi connectivity index (χ0n) is 10.9. The first-order valence-corrected chi connectivity index (χ1v) is 6.44. The van der Waals surface area contributed by atoms with Crippen molar-refractivity contribution in [2.45, 2.75) is 19.1 Å². The second-order valence-electron chi connectivity index (χ2n) is 4.85. The van der Waals surface area contributed by atoms with Gasteiger partial charge in [-0.1, -0.05) is 42.0 Å². The molecule has 2 N–H and O–H groups in total. The van der Waals surface area contributed by atoms with Crippen LogP contribution in [0.15, 0.2) is 48.5 Å². The van der Waals surface area contributed by atoms with Gasteiger partial charge < -0.3 is 15.2 Å². The van der Waals surface area contributed by atoms with Crippen LogP contribution in [0.1, 0.15) is 17.2 Å². The summed E-state index contributed by atoms with van der Waals surface area (Å²) in [6.07, 6.45) is -0.156. The molecule has 1 aliphatic rings. The maximum Gasteiger partial charge on any atom is 0.161 e. The number of aryl methyl sites for hydroxylation is 1. The lowest BCUT2D eigenvalue weighted by atomic mass is 10.0. The van der Waals surface area contributed by atoms with Crippen LogP contribution in [0.4, 0.5) is 0 Å². The molecule has 3 heteroatoms. The van der Waals surface area contributed by atoms with Crippen LogP contribution in [0, 0.1) is 6.92 Å². The zero-order chi connectivity index (χ0) is 13.2. The molecule has 0 spiro atoms. The molecule has 98 valence electrons. The first kappa shape index (κ1) is 12.1. The fraction of sp³-hybridized carbons (Fsp3) is 0.250. The van der Waals surface area contributed by atoms with Crippen molar-refractivity contribution in [2.24, 2.45) is 5.73 Å². The van der Waals surface area contributed by atoms with Gasteiger partial charge in [-0.2, -0.15) is 0 Å². The molecule has 1 aliphatic heterocycles. The molecule has 2 atom stereocenters. The molecule has 2 unspecified atom stereocenters. The van der Waals surface area contributed by atoms with Crippen molar-refractivity contribution < 1.29 is 9.47 Å². The topological polar surface area (TPSA) is 44.5 Å². The molecular weight excluding hydrogens is 238 g/mol. The van der Waals surface area contributed by atoms with E-state index in [-0.39, 0.29) is 12.1 Å². The quantitative estimate of drug-likeness (QED) is 0.897. The summed E-state index contributed by atoms with van der Waals surface area (Å²) in [5.74, 6) is 1.55. The number of fused-ring (bicyclic) bond motifs is 1. The Morgan fingerprint density at radius 2 is 1.89 bits per heavy atom. The van der Waals surface area contributed by atoms with E-state index in [1.54, 1.807) is 0 Å². The number of rotatable bonds is 2. The lowest BCUT2D eigenvalue weighted by Gasteiger charge is -2.30. The van der Waals surface area contributed by atoms with Gasteiger partial charge >= 0.3 is 0 Å². The first-order chi connectivity index (χ1) is 9.24. The Kier molecular flexibility index (Phi) is 3.13. The van der Waals surface area contributed by atoms with E-state index in [4.69, 9.17) is 15.2 Å². The highest BCUT2D eigenvalue weighted by atomic mass is 16.6. The summed E-state index contributed by atoms with van der Waals surface area (Å²) in [5, 5.41) is 0. The van der Waals surface area contributed by atoms with Gasteiger partial charge in [-0.3, -0.25) is 0 Å². The Balaban J connectivity index is 1.81. The van der Waals surface area contributed by atoms with Crippen molar-refractivity contribution in [3.8, 4) is 11.5 Å². The van der Waals surface area contributed by atoms with E-state index in [1.165, 1.54) is 5.56 Å². The number of hydrogen-bond donors (Lipinski definition) is 1. The first-order valence-electron chi connectivity index (χ1n) is 6.44. The van der Waals surface area contributed by atoms with Crippen molar-refractivity contribution in [1.82, 2.24) is 0 Å². The molecule has 0 fully saturated rings. The number of nitrogens with two attached hydrogens (primary N) is 1. The smallest absolute Gasteiger partial charge is 0.161 e. The summed E-state index contributed by atoms with van der Waals surface area (Å²) in [6.45, 7) is 2.54. The van der Waals surface area contributed by atoms with E-state index in [0.717, 1.165) is 17.1 Å². The Hall–Kier alpha value is -2.00. The summed E-state index contributed by atoms with van der Waals surface area (Å²) < 4.78 is 11.6. The van der Waals surface area contributed by atoms with E-state index in [9.17, 15) is 0 Å². The second kappa shape index (κ2) is 4.94. The summed E-state index contributed by atoms with van der Waals surface area (Å²) in [5.41, 5.74) is 8.57. The predicted octanol–water partition coefficient (Wildman–Crippen LogP) is 2.83. The third-order valence-electron chi connectivity index (χ3n) is 3.36. The molecule has 0 radical (unpaired) electrons. The van der Waals surface area contributed by atoms with Crippen molar-refractivity contribution in [2.75, 3.05) is 6.61 Å². The van der Waals surface area contributed by atoms with Crippen molar-refractivity contribution in [1.29, 1.82) is 0 Å². The molecule has 0 saturated heterocycles. The largest absolute Gasteiger partial charge is 0.486 e. The molecule has 19 heavy (non-hydrogen) atoms. The maximum atomic E-state index is 6.29. The van der Waals surface area contributed by atoms with Crippen molar-refractivity contribution >= 4 is 0 Å². The Bertz CT molecular complexity index is 582. The number of benzene rings is 2. The zero-order valence-corrected chi connectivity index (χ0v) is 10.9. The van der Waals surface area contributed by atoms with Gasteiger partial charge in [0.2, 0.25) is 0 Å². The van der Waals surface area contributed by atoms with Gasteiger partial charge in [-0.05, 0) is 24.6 Å². The van der Waals surface area contributed by atoms with Gasteiger partial charge in [0, 0.05) is 0 Å². The van der Waals surface area contributed by atoms with Crippen molar-refractivity contribution in [3.63, 3.8) is 0 Å². The Morgan fingerprint density at radius 1 is 1.11 bits per heavy atom. The average molecular weight is 255 g/mol. The van der Waals surface area contributed by atoms with Crippen LogP contribution in [0.25, 0.3) is 0 Å². The van der Waals surface area contributed by atoms with Gasteiger partial charge in [0.05, 0.1) is 6.04 Å². The lowest BCUT2D eigenvalue weighted by Crippen LogP contribution is -2.38. The molecule has 2 aromatic carbocycles. The second-order valence-corrected chi connectivity index (χ2v) is 4.85. The van der Waals surface area contributed by atoms with Crippen LogP contribution in [-0.2, 0) is 0 Å². The van der Waals surface area contributed by atoms with Crippen LogP contribution >= 0.6 is 0 Å². The van der Waals surface area contributed by atoms with Crippen LogP contribution < -0.4 is 15.2 Å². The third kappa shape index (κ3) is 2.42. The molecule has 3 rings (SSSR count). The Labute approximate surface area is 113 Å². The van der Waals surface area contributed by atoms with Crippen LogP contribution in [0.3, 0.4) is 0 Å². The van der Waals surface area contributed by atoms with E-state index >= 15 is 0 Å². The standard InChI is InChI=1S/C16H17NO2/c1-11-5-4-6-12(9-11)16(17)15-10-18-13-7-2-3-8-14(13)19-15/h2-9,15-16H,10,17H2,1H3. The molecule has 0 amide bonds. The van der Waals surface area contributed by atoms with Gasteiger partial charge in [-0.15, -0.1) is 0 Å². The summed E-state index contributed by atoms with van der Waals surface area (Å²) in [4.78, 5) is 0. The average Bonchev–Trinajstić information content (AvgIpc) is 2.46. The third-order valence-corrected chi connectivity index (χ3v) is 3.36. The van der Waals surface area contributed by atoms with Gasteiger partial charge in [0.25, 0.3) is 0 Å². The molecule has 0 aliphatic carbocycles. The number of para-hydroxylation sites is 2. The maximum absolute atomic E-state index is 6.29. The minimum absolute atomic E-state index is 0.156. The van der Waals surface area contributed by atoms with Crippen LogP contribution in [0.2, 0.25) is 0 Å². The van der Waals surface area contributed by atoms with Gasteiger partial charge in [-0.25, -0.2) is 0 Å². The molecule has 0 saturated carbocycles. The van der Waals surface area contributed by atoms with Crippen molar-refractivity contribution in [3.05, 3.63) is 59.7 Å².